The average molecular weight is 291 g/mol. The van der Waals surface area contributed by atoms with Gasteiger partial charge in [0.15, 0.2) is 0 Å². The Balaban J connectivity index is 1.90. The minimum absolute atomic E-state index is 0.0731. The van der Waals surface area contributed by atoms with Gasteiger partial charge in [-0.05, 0) is 37.8 Å². The Morgan fingerprint density at radius 3 is 2.38 bits per heavy atom. The number of hydrogen-bond acceptors (Lipinski definition) is 4. The molecule has 1 heterocycles. The van der Waals surface area contributed by atoms with Crippen molar-refractivity contribution >= 4 is 17.7 Å². The van der Waals surface area contributed by atoms with Crippen molar-refractivity contribution in [1.29, 1.82) is 0 Å². The summed E-state index contributed by atoms with van der Waals surface area (Å²) in [5, 5.41) is 12.3. The Hall–Kier alpha value is -2.11. The summed E-state index contributed by atoms with van der Waals surface area (Å²) in [6.45, 7) is 0. The predicted molar refractivity (Wildman–Crippen MR) is 79.3 cm³/mol. The van der Waals surface area contributed by atoms with E-state index >= 15 is 0 Å². The van der Waals surface area contributed by atoms with E-state index in [1.807, 2.05) is 0 Å². The molecule has 1 aromatic rings. The maximum atomic E-state index is 11.8. The molecule has 1 aromatic heterocycles. The summed E-state index contributed by atoms with van der Waals surface area (Å²) in [5.41, 5.74) is 0.556. The summed E-state index contributed by atoms with van der Waals surface area (Å²) in [6, 6.07) is 3.80. The van der Waals surface area contributed by atoms with Gasteiger partial charge in [-0.25, -0.2) is 4.98 Å². The van der Waals surface area contributed by atoms with Crippen molar-refractivity contribution in [2.75, 3.05) is 19.4 Å². The molecule has 1 saturated carbocycles. The molecule has 114 valence electrons. The predicted octanol–water partition coefficient (Wildman–Crippen LogP) is 1.84. The quantitative estimate of drug-likeness (QED) is 0.884. The van der Waals surface area contributed by atoms with Crippen LogP contribution in [0.4, 0.5) is 5.82 Å². The summed E-state index contributed by atoms with van der Waals surface area (Å²) in [6.07, 6.45) is 4.62. The Morgan fingerprint density at radius 2 is 1.90 bits per heavy atom. The fourth-order valence-corrected chi connectivity index (χ4v) is 2.56. The number of carboxylic acid groups (broad SMARTS) is 1. The molecule has 6 heteroatoms. The van der Waals surface area contributed by atoms with Gasteiger partial charge in [-0.1, -0.05) is 0 Å². The molecule has 1 aliphatic carbocycles. The molecule has 2 rings (SSSR count). The monoisotopic (exact) mass is 291 g/mol. The Bertz CT molecular complexity index is 505. The largest absolute Gasteiger partial charge is 0.481 e. The zero-order valence-corrected chi connectivity index (χ0v) is 12.4. The first-order chi connectivity index (χ1) is 9.97. The molecule has 2 N–H and O–H groups in total. The van der Waals surface area contributed by atoms with Gasteiger partial charge in [0.1, 0.15) is 5.82 Å². The second-order valence-corrected chi connectivity index (χ2v) is 5.66. The van der Waals surface area contributed by atoms with Gasteiger partial charge in [0.2, 0.25) is 0 Å². The van der Waals surface area contributed by atoms with Gasteiger partial charge >= 0.3 is 5.97 Å². The highest BCUT2D eigenvalue weighted by molar-refractivity contribution is 5.93. The molecule has 1 fully saturated rings. The van der Waals surface area contributed by atoms with E-state index in [0.29, 0.717) is 18.4 Å². The lowest BCUT2D eigenvalue weighted by Gasteiger charge is -2.27. The summed E-state index contributed by atoms with van der Waals surface area (Å²) >= 11 is 0. The minimum atomic E-state index is -0.696. The van der Waals surface area contributed by atoms with E-state index in [1.165, 1.54) is 4.90 Å². The number of hydrogen-bond donors (Lipinski definition) is 2. The van der Waals surface area contributed by atoms with Crippen LogP contribution in [0.1, 0.15) is 36.0 Å². The smallest absolute Gasteiger partial charge is 0.306 e. The number of amides is 1. The molecule has 0 saturated heterocycles. The molecule has 0 aliphatic heterocycles. The van der Waals surface area contributed by atoms with Crippen LogP contribution in [-0.2, 0) is 4.79 Å². The number of aliphatic carboxylic acids is 1. The second-order valence-electron chi connectivity index (χ2n) is 5.66. The first-order valence-corrected chi connectivity index (χ1v) is 7.14. The van der Waals surface area contributed by atoms with Crippen molar-refractivity contribution in [2.24, 2.45) is 5.92 Å². The molecule has 6 nitrogen and oxygen atoms in total. The van der Waals surface area contributed by atoms with Crippen molar-refractivity contribution in [2.45, 2.75) is 31.7 Å². The van der Waals surface area contributed by atoms with Crippen LogP contribution >= 0.6 is 0 Å². The van der Waals surface area contributed by atoms with E-state index in [1.54, 1.807) is 32.4 Å². The molecule has 21 heavy (non-hydrogen) atoms. The number of carboxylic acids is 1. The highest BCUT2D eigenvalue weighted by Crippen LogP contribution is 2.26. The van der Waals surface area contributed by atoms with Crippen LogP contribution in [0.5, 0.6) is 0 Å². The first kappa shape index (κ1) is 15.3. The summed E-state index contributed by atoms with van der Waals surface area (Å²) in [7, 11) is 3.41. The lowest BCUT2D eigenvalue weighted by atomic mass is 9.86. The zero-order valence-electron chi connectivity index (χ0n) is 12.4. The van der Waals surface area contributed by atoms with E-state index in [2.05, 4.69) is 10.3 Å². The van der Waals surface area contributed by atoms with E-state index in [0.717, 1.165) is 18.7 Å². The van der Waals surface area contributed by atoms with Crippen molar-refractivity contribution in [3.05, 3.63) is 23.9 Å². The minimum Gasteiger partial charge on any atom is -0.481 e. The molecule has 0 aromatic carbocycles. The number of pyridine rings is 1. The number of nitrogens with one attached hydrogen (secondary N) is 1. The third-order valence-corrected chi connectivity index (χ3v) is 3.85. The van der Waals surface area contributed by atoms with Gasteiger partial charge in [-0.3, -0.25) is 9.59 Å². The number of anilines is 1. The molecule has 0 spiro atoms. The molecule has 1 amide bonds. The summed E-state index contributed by atoms with van der Waals surface area (Å²) in [5.74, 6) is -0.255. The Morgan fingerprint density at radius 1 is 1.24 bits per heavy atom. The summed E-state index contributed by atoms with van der Waals surface area (Å²) < 4.78 is 0. The van der Waals surface area contributed by atoms with Gasteiger partial charge in [-0.15, -0.1) is 0 Å². The lowest BCUT2D eigenvalue weighted by molar-refractivity contribution is -0.142. The normalized spacial score (nSPS) is 21.6. The van der Waals surface area contributed by atoms with Crippen LogP contribution in [0.2, 0.25) is 0 Å². The lowest BCUT2D eigenvalue weighted by Crippen LogP contribution is -2.29. The van der Waals surface area contributed by atoms with E-state index in [9.17, 15) is 9.59 Å². The van der Waals surface area contributed by atoms with Gasteiger partial charge < -0.3 is 15.3 Å². The van der Waals surface area contributed by atoms with E-state index in [-0.39, 0.29) is 17.9 Å². The number of carbonyl (C=O) groups is 2. The van der Waals surface area contributed by atoms with Gasteiger partial charge in [0.25, 0.3) is 5.91 Å². The third-order valence-electron chi connectivity index (χ3n) is 3.85. The SMILES string of the molecule is CN(C)C(=O)c1ccc(NC2CCC(C(=O)O)CC2)nc1. The van der Waals surface area contributed by atoms with E-state index in [4.69, 9.17) is 5.11 Å². The summed E-state index contributed by atoms with van der Waals surface area (Å²) in [4.78, 5) is 28.4. The highest BCUT2D eigenvalue weighted by Gasteiger charge is 2.25. The third kappa shape index (κ3) is 3.93. The van der Waals surface area contributed by atoms with Gasteiger partial charge in [0.05, 0.1) is 11.5 Å². The van der Waals surface area contributed by atoms with Gasteiger partial charge in [0, 0.05) is 26.3 Å². The number of carbonyl (C=O) groups excluding carboxylic acids is 1. The fourth-order valence-electron chi connectivity index (χ4n) is 2.56. The van der Waals surface area contributed by atoms with Crippen molar-refractivity contribution in [1.82, 2.24) is 9.88 Å². The number of nitrogens with zero attached hydrogens (tertiary/aromatic N) is 2. The topological polar surface area (TPSA) is 82.5 Å². The Labute approximate surface area is 124 Å². The maximum Gasteiger partial charge on any atom is 0.306 e. The van der Waals surface area contributed by atoms with Crippen molar-refractivity contribution < 1.29 is 14.7 Å². The molecular weight excluding hydrogens is 270 g/mol. The van der Waals surface area contributed by atoms with Crippen LogP contribution in [0.3, 0.4) is 0 Å². The molecule has 0 atom stereocenters. The molecule has 0 radical (unpaired) electrons. The standard InChI is InChI=1S/C15H21N3O3/c1-18(2)14(19)11-5-8-13(16-9-11)17-12-6-3-10(4-7-12)15(20)21/h5,8-10,12H,3-4,6-7H2,1-2H3,(H,16,17)(H,20,21). The molecule has 1 aliphatic rings. The van der Waals surface area contributed by atoms with Crippen LogP contribution in [0, 0.1) is 5.92 Å². The second kappa shape index (κ2) is 6.56. The van der Waals surface area contributed by atoms with Crippen LogP contribution in [-0.4, -0.2) is 47.0 Å². The first-order valence-electron chi connectivity index (χ1n) is 7.14. The highest BCUT2D eigenvalue weighted by atomic mass is 16.4. The average Bonchev–Trinajstić information content (AvgIpc) is 2.47. The van der Waals surface area contributed by atoms with E-state index < -0.39 is 5.97 Å². The molecule has 0 bridgehead atoms. The van der Waals surface area contributed by atoms with Crippen molar-refractivity contribution in [3.8, 4) is 0 Å². The van der Waals surface area contributed by atoms with Gasteiger partial charge in [-0.2, -0.15) is 0 Å². The van der Waals surface area contributed by atoms with Crippen LogP contribution in [0.25, 0.3) is 0 Å². The maximum absolute atomic E-state index is 11.8. The fraction of sp³-hybridized carbons (Fsp3) is 0.533. The zero-order chi connectivity index (χ0) is 15.4. The van der Waals surface area contributed by atoms with Crippen LogP contribution in [0.15, 0.2) is 18.3 Å². The molecular formula is C15H21N3O3. The number of rotatable bonds is 4. The number of aromatic nitrogens is 1. The molecule has 0 unspecified atom stereocenters. The Kier molecular flexibility index (Phi) is 4.77. The van der Waals surface area contributed by atoms with Crippen molar-refractivity contribution in [3.63, 3.8) is 0 Å². The van der Waals surface area contributed by atoms with Crippen LogP contribution < -0.4 is 5.32 Å².